The predicted octanol–water partition coefficient (Wildman–Crippen LogP) is 2.69. The highest BCUT2D eigenvalue weighted by Gasteiger charge is 2.04. The van der Waals surface area contributed by atoms with E-state index in [1.54, 1.807) is 11.3 Å². The topological polar surface area (TPSA) is 17.1 Å². The Morgan fingerprint density at radius 2 is 2.18 bits per heavy atom. The Labute approximate surface area is 71.1 Å². The third-order valence-corrected chi connectivity index (χ3v) is 3.13. The van der Waals surface area contributed by atoms with Crippen LogP contribution < -0.4 is 0 Å². The molecule has 0 N–H and O–H groups in total. The van der Waals surface area contributed by atoms with Gasteiger partial charge in [-0.2, -0.15) is 0 Å². The van der Waals surface area contributed by atoms with Crippen LogP contribution >= 0.6 is 11.3 Å². The van der Waals surface area contributed by atoms with Crippen molar-refractivity contribution >= 4 is 17.6 Å². The van der Waals surface area contributed by atoms with Crippen LogP contribution in [-0.2, 0) is 12.8 Å². The third kappa shape index (κ3) is 1.69. The maximum atomic E-state index is 10.5. The Balaban J connectivity index is 3.01. The number of thiophene rings is 1. The monoisotopic (exact) mass is 168 g/mol. The molecule has 0 aliphatic carbocycles. The molecule has 60 valence electrons. The fourth-order valence-electron chi connectivity index (χ4n) is 1.05. The van der Waals surface area contributed by atoms with Crippen molar-refractivity contribution in [3.8, 4) is 0 Å². The van der Waals surface area contributed by atoms with Gasteiger partial charge in [0.25, 0.3) is 0 Å². The lowest BCUT2D eigenvalue weighted by atomic mass is 10.2. The van der Waals surface area contributed by atoms with E-state index in [0.29, 0.717) is 0 Å². The summed E-state index contributed by atoms with van der Waals surface area (Å²) in [6.45, 7) is 4.19. The second-order valence-corrected chi connectivity index (χ2v) is 3.64. The van der Waals surface area contributed by atoms with Crippen LogP contribution in [0.2, 0.25) is 0 Å². The van der Waals surface area contributed by atoms with Crippen molar-refractivity contribution in [1.29, 1.82) is 0 Å². The molecule has 0 radical (unpaired) electrons. The molecule has 0 bridgehead atoms. The second kappa shape index (κ2) is 3.67. The molecule has 11 heavy (non-hydrogen) atoms. The third-order valence-electron chi connectivity index (χ3n) is 1.69. The molecule has 0 amide bonds. The van der Waals surface area contributed by atoms with Crippen LogP contribution in [0.1, 0.15) is 34.0 Å². The number of rotatable bonds is 3. The minimum atomic E-state index is 0.884. The Hall–Kier alpha value is -0.630. The normalized spacial score (nSPS) is 10.0. The number of aldehydes is 1. The van der Waals surface area contributed by atoms with E-state index in [9.17, 15) is 4.79 Å². The van der Waals surface area contributed by atoms with E-state index in [2.05, 4.69) is 13.8 Å². The second-order valence-electron chi connectivity index (χ2n) is 2.42. The summed E-state index contributed by atoms with van der Waals surface area (Å²) in [7, 11) is 0. The number of carbonyl (C=O) groups is 1. The first-order valence-electron chi connectivity index (χ1n) is 3.88. The molecule has 0 fully saturated rings. The first-order chi connectivity index (χ1) is 5.31. The van der Waals surface area contributed by atoms with Crippen molar-refractivity contribution in [2.24, 2.45) is 0 Å². The molecule has 0 atom stereocenters. The van der Waals surface area contributed by atoms with E-state index < -0.39 is 0 Å². The fraction of sp³-hybridized carbons (Fsp3) is 0.444. The van der Waals surface area contributed by atoms with Crippen LogP contribution in [0.5, 0.6) is 0 Å². The van der Waals surface area contributed by atoms with Crippen LogP contribution in [0.15, 0.2) is 6.07 Å². The molecule has 1 aromatic rings. The van der Waals surface area contributed by atoms with Crippen molar-refractivity contribution < 1.29 is 4.79 Å². The summed E-state index contributed by atoms with van der Waals surface area (Å²) in [5.41, 5.74) is 0.884. The summed E-state index contributed by atoms with van der Waals surface area (Å²) in [6.07, 6.45) is 2.96. The summed E-state index contributed by atoms with van der Waals surface area (Å²) in [4.78, 5) is 13.1. The minimum Gasteiger partial charge on any atom is -0.298 e. The maximum Gasteiger partial charge on any atom is 0.151 e. The molecular formula is C9H12OS. The van der Waals surface area contributed by atoms with Crippen molar-refractivity contribution in [3.05, 3.63) is 21.4 Å². The van der Waals surface area contributed by atoms with Gasteiger partial charge in [-0.3, -0.25) is 4.79 Å². The van der Waals surface area contributed by atoms with Crippen LogP contribution in [0.4, 0.5) is 0 Å². The van der Waals surface area contributed by atoms with E-state index >= 15 is 0 Å². The highest BCUT2D eigenvalue weighted by atomic mass is 32.1. The minimum absolute atomic E-state index is 0.884. The first-order valence-corrected chi connectivity index (χ1v) is 4.70. The van der Waals surface area contributed by atoms with Gasteiger partial charge in [0, 0.05) is 15.3 Å². The van der Waals surface area contributed by atoms with Crippen molar-refractivity contribution in [2.45, 2.75) is 26.7 Å². The number of hydrogen-bond donors (Lipinski definition) is 0. The lowest BCUT2D eigenvalue weighted by Gasteiger charge is -1.87. The smallest absolute Gasteiger partial charge is 0.151 e. The van der Waals surface area contributed by atoms with Gasteiger partial charge in [-0.1, -0.05) is 13.8 Å². The zero-order valence-electron chi connectivity index (χ0n) is 6.89. The van der Waals surface area contributed by atoms with Gasteiger partial charge < -0.3 is 0 Å². The highest BCUT2D eigenvalue weighted by Crippen LogP contribution is 2.21. The number of aryl methyl sites for hydroxylation is 2. The summed E-state index contributed by atoms with van der Waals surface area (Å²) >= 11 is 1.75. The molecule has 2 heteroatoms. The molecule has 1 heterocycles. The summed E-state index contributed by atoms with van der Waals surface area (Å²) < 4.78 is 0. The lowest BCUT2D eigenvalue weighted by molar-refractivity contribution is 0.112. The predicted molar refractivity (Wildman–Crippen MR) is 48.5 cm³/mol. The Bertz CT molecular complexity index is 250. The standard InChI is InChI=1S/C9H12OS/c1-3-8-5-7(6-10)9(4-2)11-8/h5-6H,3-4H2,1-2H3. The van der Waals surface area contributed by atoms with Gasteiger partial charge >= 0.3 is 0 Å². The van der Waals surface area contributed by atoms with Gasteiger partial charge in [-0.25, -0.2) is 0 Å². The van der Waals surface area contributed by atoms with Gasteiger partial charge in [0.2, 0.25) is 0 Å². The average molecular weight is 168 g/mol. The van der Waals surface area contributed by atoms with Crippen LogP contribution in [0.25, 0.3) is 0 Å². The zero-order chi connectivity index (χ0) is 8.27. The summed E-state index contributed by atoms with van der Waals surface area (Å²) in [5.74, 6) is 0. The highest BCUT2D eigenvalue weighted by molar-refractivity contribution is 7.12. The fourth-order valence-corrected chi connectivity index (χ4v) is 2.07. The molecule has 0 saturated carbocycles. The molecule has 0 aliphatic rings. The summed E-state index contributed by atoms with van der Waals surface area (Å²) in [6, 6.07) is 2.00. The van der Waals surface area contributed by atoms with Crippen LogP contribution in [0.3, 0.4) is 0 Å². The average Bonchev–Trinajstić information content (AvgIpc) is 2.46. The molecule has 0 aliphatic heterocycles. The van der Waals surface area contributed by atoms with Crippen molar-refractivity contribution in [1.82, 2.24) is 0 Å². The molecule has 0 saturated heterocycles. The molecule has 1 rings (SSSR count). The van der Waals surface area contributed by atoms with E-state index in [-0.39, 0.29) is 0 Å². The summed E-state index contributed by atoms with van der Waals surface area (Å²) in [5, 5.41) is 0. The largest absolute Gasteiger partial charge is 0.298 e. The van der Waals surface area contributed by atoms with Crippen molar-refractivity contribution in [2.75, 3.05) is 0 Å². The zero-order valence-corrected chi connectivity index (χ0v) is 7.70. The van der Waals surface area contributed by atoms with Gasteiger partial charge in [0.15, 0.2) is 6.29 Å². The van der Waals surface area contributed by atoms with E-state index in [1.165, 1.54) is 9.75 Å². The van der Waals surface area contributed by atoms with Gasteiger partial charge in [0.05, 0.1) is 0 Å². The number of hydrogen-bond acceptors (Lipinski definition) is 2. The van der Waals surface area contributed by atoms with Gasteiger partial charge in [-0.05, 0) is 18.9 Å². The van der Waals surface area contributed by atoms with E-state index in [4.69, 9.17) is 0 Å². The van der Waals surface area contributed by atoms with Gasteiger partial charge in [-0.15, -0.1) is 11.3 Å². The maximum absolute atomic E-state index is 10.5. The Kier molecular flexibility index (Phi) is 2.83. The first kappa shape index (κ1) is 8.47. The molecular weight excluding hydrogens is 156 g/mol. The number of carbonyl (C=O) groups excluding carboxylic acids is 1. The van der Waals surface area contributed by atoms with E-state index in [1.807, 2.05) is 6.07 Å². The van der Waals surface area contributed by atoms with Crippen molar-refractivity contribution in [3.63, 3.8) is 0 Å². The van der Waals surface area contributed by atoms with Crippen LogP contribution in [0, 0.1) is 0 Å². The molecule has 0 aromatic carbocycles. The Morgan fingerprint density at radius 3 is 2.55 bits per heavy atom. The lowest BCUT2D eigenvalue weighted by Crippen LogP contribution is -1.80. The Morgan fingerprint density at radius 1 is 1.45 bits per heavy atom. The molecule has 0 unspecified atom stereocenters. The molecule has 0 spiro atoms. The molecule has 1 nitrogen and oxygen atoms in total. The van der Waals surface area contributed by atoms with Gasteiger partial charge in [0.1, 0.15) is 0 Å². The SMILES string of the molecule is CCc1cc(C=O)c(CC)s1. The molecule has 1 aromatic heterocycles. The quantitative estimate of drug-likeness (QED) is 0.634. The van der Waals surface area contributed by atoms with E-state index in [0.717, 1.165) is 24.7 Å². The van der Waals surface area contributed by atoms with Crippen LogP contribution in [-0.4, -0.2) is 6.29 Å².